The molecule has 0 saturated carbocycles. The molecule has 7 nitrogen and oxygen atoms in total. The van der Waals surface area contributed by atoms with E-state index in [9.17, 15) is 18.5 Å². The van der Waals surface area contributed by atoms with Gasteiger partial charge >= 0.3 is 0 Å². The summed E-state index contributed by atoms with van der Waals surface area (Å²) in [7, 11) is -3.68. The molecule has 0 aliphatic carbocycles. The predicted octanol–water partition coefficient (Wildman–Crippen LogP) is 0.610. The van der Waals surface area contributed by atoms with Gasteiger partial charge in [-0.2, -0.15) is 0 Å². The highest BCUT2D eigenvalue weighted by Gasteiger charge is 2.19. The van der Waals surface area contributed by atoms with Crippen molar-refractivity contribution in [1.82, 2.24) is 4.72 Å². The lowest BCUT2D eigenvalue weighted by molar-refractivity contribution is -0.384. The molecule has 0 fully saturated rings. The highest BCUT2D eigenvalue weighted by atomic mass is 32.2. The van der Waals surface area contributed by atoms with Gasteiger partial charge < -0.3 is 5.73 Å². The van der Waals surface area contributed by atoms with Gasteiger partial charge in [-0.1, -0.05) is 6.92 Å². The van der Waals surface area contributed by atoms with E-state index in [-0.39, 0.29) is 23.2 Å². The maximum atomic E-state index is 11.9. The molecule has 1 aromatic carbocycles. The van der Waals surface area contributed by atoms with E-state index in [4.69, 9.17) is 5.73 Å². The summed E-state index contributed by atoms with van der Waals surface area (Å²) in [5, 5.41) is 10.5. The van der Waals surface area contributed by atoms with Crippen molar-refractivity contribution < 1.29 is 13.3 Å². The van der Waals surface area contributed by atoms with Gasteiger partial charge in [-0.15, -0.1) is 0 Å². The fraction of sp³-hybridized carbons (Fsp3) is 0.400. The van der Waals surface area contributed by atoms with Crippen LogP contribution in [0, 0.1) is 10.1 Å². The summed E-state index contributed by atoms with van der Waals surface area (Å²) in [5.74, 6) is 0. The summed E-state index contributed by atoms with van der Waals surface area (Å²) < 4.78 is 26.2. The fourth-order valence-corrected chi connectivity index (χ4v) is 2.66. The second kappa shape index (κ2) is 5.89. The van der Waals surface area contributed by atoms with Gasteiger partial charge in [-0.3, -0.25) is 10.1 Å². The molecule has 0 spiro atoms. The zero-order valence-electron chi connectivity index (χ0n) is 9.87. The van der Waals surface area contributed by atoms with E-state index >= 15 is 0 Å². The van der Waals surface area contributed by atoms with Gasteiger partial charge in [0.1, 0.15) is 0 Å². The molecule has 0 radical (unpaired) electrons. The minimum absolute atomic E-state index is 0.0139. The van der Waals surface area contributed by atoms with E-state index in [1.807, 2.05) is 6.92 Å². The van der Waals surface area contributed by atoms with Crippen LogP contribution in [0.1, 0.15) is 13.3 Å². The summed E-state index contributed by atoms with van der Waals surface area (Å²) in [6, 6.07) is 4.36. The Labute approximate surface area is 105 Å². The first-order chi connectivity index (χ1) is 8.40. The van der Waals surface area contributed by atoms with Gasteiger partial charge in [-0.25, -0.2) is 13.1 Å². The van der Waals surface area contributed by atoms with Crippen molar-refractivity contribution >= 4 is 15.7 Å². The predicted molar refractivity (Wildman–Crippen MR) is 66.6 cm³/mol. The van der Waals surface area contributed by atoms with Crippen molar-refractivity contribution in [3.63, 3.8) is 0 Å². The molecule has 3 N–H and O–H groups in total. The number of hydrogen-bond acceptors (Lipinski definition) is 5. The molecule has 8 heteroatoms. The maximum Gasteiger partial charge on any atom is 0.269 e. The number of nitrogens with one attached hydrogen (secondary N) is 1. The number of hydrogen-bond donors (Lipinski definition) is 2. The van der Waals surface area contributed by atoms with Gasteiger partial charge in [0.15, 0.2) is 0 Å². The minimum atomic E-state index is -3.68. The van der Waals surface area contributed by atoms with Crippen molar-refractivity contribution in [3.05, 3.63) is 34.4 Å². The molecule has 1 aromatic rings. The van der Waals surface area contributed by atoms with Crippen molar-refractivity contribution in [2.45, 2.75) is 24.3 Å². The Balaban J connectivity index is 2.95. The molecule has 0 aliphatic rings. The molecule has 0 aromatic heterocycles. The standard InChI is InChI=1S/C10H15N3O4S/c1-2-8(7-11)12-18(16,17)10-5-3-9(4-6-10)13(14)15/h3-6,8,12H,2,7,11H2,1H3. The lowest BCUT2D eigenvalue weighted by Gasteiger charge is -2.14. The van der Waals surface area contributed by atoms with Crippen LogP contribution in [0.5, 0.6) is 0 Å². The lowest BCUT2D eigenvalue weighted by atomic mass is 10.2. The third kappa shape index (κ3) is 3.49. The van der Waals surface area contributed by atoms with Crippen LogP contribution in [0.4, 0.5) is 5.69 Å². The normalized spacial score (nSPS) is 13.2. The Bertz CT molecular complexity index is 508. The van der Waals surface area contributed by atoms with Crippen LogP contribution in [0.2, 0.25) is 0 Å². The Morgan fingerprint density at radius 1 is 1.39 bits per heavy atom. The first kappa shape index (κ1) is 14.6. The molecule has 0 bridgehead atoms. The van der Waals surface area contributed by atoms with Gasteiger partial charge in [0, 0.05) is 24.7 Å². The quantitative estimate of drug-likeness (QED) is 0.582. The van der Waals surface area contributed by atoms with Crippen molar-refractivity contribution in [1.29, 1.82) is 0 Å². The van der Waals surface area contributed by atoms with Crippen LogP contribution < -0.4 is 10.5 Å². The SMILES string of the molecule is CCC(CN)NS(=O)(=O)c1ccc([N+](=O)[O-])cc1. The largest absolute Gasteiger partial charge is 0.329 e. The van der Waals surface area contributed by atoms with Gasteiger partial charge in [0.25, 0.3) is 5.69 Å². The Morgan fingerprint density at radius 2 is 1.94 bits per heavy atom. The number of rotatable bonds is 6. The topological polar surface area (TPSA) is 115 Å². The number of sulfonamides is 1. The molecule has 100 valence electrons. The van der Waals surface area contributed by atoms with E-state index in [1.54, 1.807) is 0 Å². The number of nitro groups is 1. The highest BCUT2D eigenvalue weighted by Crippen LogP contribution is 2.16. The highest BCUT2D eigenvalue weighted by molar-refractivity contribution is 7.89. The lowest BCUT2D eigenvalue weighted by Crippen LogP contribution is -2.39. The average Bonchev–Trinajstić information content (AvgIpc) is 2.36. The third-order valence-electron chi connectivity index (χ3n) is 2.46. The van der Waals surface area contributed by atoms with Crippen LogP contribution in [-0.2, 0) is 10.0 Å². The molecule has 18 heavy (non-hydrogen) atoms. The Hall–Kier alpha value is -1.51. The number of benzene rings is 1. The van der Waals surface area contributed by atoms with Gasteiger partial charge in [0.2, 0.25) is 10.0 Å². The summed E-state index contributed by atoms with van der Waals surface area (Å²) in [4.78, 5) is 9.86. The van der Waals surface area contributed by atoms with Gasteiger partial charge in [0.05, 0.1) is 9.82 Å². The summed E-state index contributed by atoms with van der Waals surface area (Å²) in [5.41, 5.74) is 5.26. The first-order valence-corrected chi connectivity index (χ1v) is 6.86. The number of nitrogens with two attached hydrogens (primary N) is 1. The molecule has 0 amide bonds. The number of nitro benzene ring substituents is 1. The summed E-state index contributed by atoms with van der Waals surface area (Å²) in [6.07, 6.45) is 0.572. The van der Waals surface area contributed by atoms with Crippen LogP contribution >= 0.6 is 0 Å². The van der Waals surface area contributed by atoms with Crippen molar-refractivity contribution in [2.24, 2.45) is 5.73 Å². The van der Waals surface area contributed by atoms with Gasteiger partial charge in [-0.05, 0) is 18.6 Å². The summed E-state index contributed by atoms with van der Waals surface area (Å²) >= 11 is 0. The molecule has 1 unspecified atom stereocenters. The van der Waals surface area contributed by atoms with E-state index in [0.717, 1.165) is 12.1 Å². The zero-order chi connectivity index (χ0) is 13.8. The molecule has 0 heterocycles. The monoisotopic (exact) mass is 273 g/mol. The first-order valence-electron chi connectivity index (χ1n) is 5.37. The van der Waals surface area contributed by atoms with Crippen LogP contribution in [0.15, 0.2) is 29.2 Å². The maximum absolute atomic E-state index is 11.9. The Morgan fingerprint density at radius 3 is 2.33 bits per heavy atom. The zero-order valence-corrected chi connectivity index (χ0v) is 10.7. The third-order valence-corrected chi connectivity index (χ3v) is 3.99. The average molecular weight is 273 g/mol. The minimum Gasteiger partial charge on any atom is -0.329 e. The van der Waals surface area contributed by atoms with Crippen LogP contribution in [0.3, 0.4) is 0 Å². The molecule has 0 saturated heterocycles. The van der Waals surface area contributed by atoms with Crippen LogP contribution in [-0.4, -0.2) is 25.9 Å². The molecular weight excluding hydrogens is 258 g/mol. The molecule has 1 atom stereocenters. The van der Waals surface area contributed by atoms with E-state index in [2.05, 4.69) is 4.72 Å². The Kier molecular flexibility index (Phi) is 4.76. The van der Waals surface area contributed by atoms with Crippen LogP contribution in [0.25, 0.3) is 0 Å². The van der Waals surface area contributed by atoms with Crippen molar-refractivity contribution in [2.75, 3.05) is 6.54 Å². The molecular formula is C10H15N3O4S. The molecule has 1 rings (SSSR count). The molecule has 0 aliphatic heterocycles. The van der Waals surface area contributed by atoms with E-state index in [0.29, 0.717) is 6.42 Å². The smallest absolute Gasteiger partial charge is 0.269 e. The fourth-order valence-electron chi connectivity index (χ4n) is 1.33. The van der Waals surface area contributed by atoms with E-state index < -0.39 is 14.9 Å². The van der Waals surface area contributed by atoms with Crippen molar-refractivity contribution in [3.8, 4) is 0 Å². The second-order valence-electron chi connectivity index (χ2n) is 3.71. The number of non-ortho nitro benzene ring substituents is 1. The number of nitrogens with zero attached hydrogens (tertiary/aromatic N) is 1. The summed E-state index contributed by atoms with van der Waals surface area (Å²) in [6.45, 7) is 2.01. The second-order valence-corrected chi connectivity index (χ2v) is 5.43. The van der Waals surface area contributed by atoms with E-state index in [1.165, 1.54) is 12.1 Å².